The molecule has 1 saturated carbocycles. The number of anilines is 1. The van der Waals surface area contributed by atoms with Gasteiger partial charge in [-0.05, 0) is 30.9 Å². The summed E-state index contributed by atoms with van der Waals surface area (Å²) in [4.78, 5) is 24.9. The number of hydrogen-bond donors (Lipinski definition) is 5. The standard InChI is InChI=1S/C20H31N5O2.ClH/c1-13(2)18(20(27)24-15-8-4-3-5-9-15)25-17(26)12-23-16-10-6-7-14(11-16)19(21)22;/h6-7,10-11,13,15,18,23H,3-5,8-9,12H2,1-2H3,(H3,21,22)(H,24,27)(H,25,26);1H. The smallest absolute Gasteiger partial charge is 0.243 e. The largest absolute Gasteiger partial charge is 0.384 e. The number of nitrogens with two attached hydrogens (primary N) is 1. The molecule has 6 N–H and O–H groups in total. The molecule has 2 rings (SSSR count). The molecule has 8 heteroatoms. The minimum atomic E-state index is -0.551. The number of carbonyl (C=O) groups excluding carboxylic acids is 2. The van der Waals surface area contributed by atoms with E-state index >= 15 is 0 Å². The zero-order valence-corrected chi connectivity index (χ0v) is 17.4. The van der Waals surface area contributed by atoms with Gasteiger partial charge in [0.1, 0.15) is 11.9 Å². The van der Waals surface area contributed by atoms with Gasteiger partial charge in [-0.1, -0.05) is 45.2 Å². The Morgan fingerprint density at radius 1 is 1.21 bits per heavy atom. The number of halogens is 1. The van der Waals surface area contributed by atoms with Gasteiger partial charge in [0.25, 0.3) is 0 Å². The van der Waals surface area contributed by atoms with Crippen molar-refractivity contribution in [3.63, 3.8) is 0 Å². The van der Waals surface area contributed by atoms with Crippen LogP contribution in [0.1, 0.15) is 51.5 Å². The third-order valence-electron chi connectivity index (χ3n) is 4.84. The molecule has 0 spiro atoms. The molecule has 0 radical (unpaired) electrons. The summed E-state index contributed by atoms with van der Waals surface area (Å²) in [5, 5.41) is 16.4. The Balaban J connectivity index is 0.00000392. The average molecular weight is 410 g/mol. The van der Waals surface area contributed by atoms with Gasteiger partial charge in [0, 0.05) is 17.3 Å². The Bertz CT molecular complexity index is 674. The lowest BCUT2D eigenvalue weighted by Crippen LogP contribution is -2.53. The summed E-state index contributed by atoms with van der Waals surface area (Å²) < 4.78 is 0. The quantitative estimate of drug-likeness (QED) is 0.334. The van der Waals surface area contributed by atoms with Crippen molar-refractivity contribution in [2.24, 2.45) is 11.7 Å². The molecular weight excluding hydrogens is 378 g/mol. The zero-order chi connectivity index (χ0) is 19.8. The number of nitrogens with one attached hydrogen (secondary N) is 4. The van der Waals surface area contributed by atoms with E-state index in [1.807, 2.05) is 13.8 Å². The Kier molecular flexibility index (Phi) is 9.79. The van der Waals surface area contributed by atoms with Crippen LogP contribution in [0.4, 0.5) is 5.69 Å². The van der Waals surface area contributed by atoms with Crippen molar-refractivity contribution >= 4 is 35.7 Å². The second-order valence-corrected chi connectivity index (χ2v) is 7.48. The number of rotatable bonds is 8. The molecule has 1 aromatic carbocycles. The van der Waals surface area contributed by atoms with Crippen LogP contribution in [0.2, 0.25) is 0 Å². The summed E-state index contributed by atoms with van der Waals surface area (Å²) >= 11 is 0. The second-order valence-electron chi connectivity index (χ2n) is 7.48. The lowest BCUT2D eigenvalue weighted by Gasteiger charge is -2.27. The van der Waals surface area contributed by atoms with Crippen LogP contribution in [0.25, 0.3) is 0 Å². The summed E-state index contributed by atoms with van der Waals surface area (Å²) in [6.45, 7) is 3.89. The summed E-state index contributed by atoms with van der Waals surface area (Å²) in [5.41, 5.74) is 6.77. The van der Waals surface area contributed by atoms with E-state index in [1.165, 1.54) is 6.42 Å². The summed E-state index contributed by atoms with van der Waals surface area (Å²) in [6, 6.07) is 6.69. The number of amides is 2. The van der Waals surface area contributed by atoms with Gasteiger partial charge in [-0.25, -0.2) is 0 Å². The Morgan fingerprint density at radius 3 is 2.50 bits per heavy atom. The highest BCUT2D eigenvalue weighted by Gasteiger charge is 2.26. The SMILES string of the molecule is CC(C)C(NC(=O)CNc1cccc(C(=N)N)c1)C(=O)NC1CCCCC1.Cl. The van der Waals surface area contributed by atoms with Crippen LogP contribution in [-0.2, 0) is 9.59 Å². The van der Waals surface area contributed by atoms with E-state index in [1.54, 1.807) is 24.3 Å². The molecule has 28 heavy (non-hydrogen) atoms. The molecule has 7 nitrogen and oxygen atoms in total. The first-order chi connectivity index (χ1) is 12.9. The van der Waals surface area contributed by atoms with E-state index in [2.05, 4.69) is 16.0 Å². The minimum Gasteiger partial charge on any atom is -0.384 e. The molecule has 2 amide bonds. The molecule has 1 fully saturated rings. The summed E-state index contributed by atoms with van der Waals surface area (Å²) in [7, 11) is 0. The van der Waals surface area contributed by atoms with Crippen molar-refractivity contribution in [1.82, 2.24) is 10.6 Å². The van der Waals surface area contributed by atoms with E-state index in [-0.39, 0.29) is 48.6 Å². The highest BCUT2D eigenvalue weighted by molar-refractivity contribution is 5.96. The lowest BCUT2D eigenvalue weighted by atomic mass is 9.94. The maximum absolute atomic E-state index is 12.6. The van der Waals surface area contributed by atoms with Crippen LogP contribution in [0.5, 0.6) is 0 Å². The first kappa shape index (κ1) is 23.8. The highest BCUT2D eigenvalue weighted by atomic mass is 35.5. The fourth-order valence-corrected chi connectivity index (χ4v) is 3.28. The van der Waals surface area contributed by atoms with Crippen LogP contribution in [0.3, 0.4) is 0 Å². The molecule has 0 bridgehead atoms. The van der Waals surface area contributed by atoms with E-state index in [9.17, 15) is 9.59 Å². The summed E-state index contributed by atoms with van der Waals surface area (Å²) in [6.07, 6.45) is 5.55. The third-order valence-corrected chi connectivity index (χ3v) is 4.84. The third kappa shape index (κ3) is 7.38. The average Bonchev–Trinajstić information content (AvgIpc) is 2.65. The molecule has 1 aliphatic carbocycles. The molecule has 0 heterocycles. The topological polar surface area (TPSA) is 120 Å². The lowest BCUT2D eigenvalue weighted by molar-refractivity contribution is -0.129. The van der Waals surface area contributed by atoms with Crippen molar-refractivity contribution in [1.29, 1.82) is 5.41 Å². The molecule has 156 valence electrons. The van der Waals surface area contributed by atoms with Crippen LogP contribution in [-0.4, -0.2) is 36.3 Å². The monoisotopic (exact) mass is 409 g/mol. The van der Waals surface area contributed by atoms with Gasteiger partial charge in [0.05, 0.1) is 6.54 Å². The van der Waals surface area contributed by atoms with E-state index in [0.29, 0.717) is 11.3 Å². The van der Waals surface area contributed by atoms with E-state index in [0.717, 1.165) is 25.7 Å². The van der Waals surface area contributed by atoms with Gasteiger partial charge >= 0.3 is 0 Å². The van der Waals surface area contributed by atoms with Crippen LogP contribution < -0.4 is 21.7 Å². The number of nitrogen functional groups attached to an aromatic ring is 1. The van der Waals surface area contributed by atoms with Crippen molar-refractivity contribution in [3.8, 4) is 0 Å². The first-order valence-electron chi connectivity index (χ1n) is 9.65. The maximum atomic E-state index is 12.6. The molecule has 1 atom stereocenters. The fourth-order valence-electron chi connectivity index (χ4n) is 3.28. The van der Waals surface area contributed by atoms with Gasteiger partial charge in [0.2, 0.25) is 11.8 Å². The van der Waals surface area contributed by atoms with Crippen LogP contribution >= 0.6 is 12.4 Å². The van der Waals surface area contributed by atoms with Gasteiger partial charge in [-0.15, -0.1) is 12.4 Å². The predicted octanol–water partition coefficient (Wildman–Crippen LogP) is 2.39. The Labute approximate surface area is 173 Å². The van der Waals surface area contributed by atoms with E-state index in [4.69, 9.17) is 11.1 Å². The van der Waals surface area contributed by atoms with Crippen molar-refractivity contribution in [2.75, 3.05) is 11.9 Å². The minimum absolute atomic E-state index is 0. The van der Waals surface area contributed by atoms with Gasteiger partial charge in [0.15, 0.2) is 0 Å². The van der Waals surface area contributed by atoms with Gasteiger partial charge in [-0.3, -0.25) is 15.0 Å². The molecule has 1 unspecified atom stereocenters. The highest BCUT2D eigenvalue weighted by Crippen LogP contribution is 2.18. The number of amidine groups is 1. The maximum Gasteiger partial charge on any atom is 0.243 e. The second kappa shape index (κ2) is 11.5. The predicted molar refractivity (Wildman–Crippen MR) is 115 cm³/mol. The Hall–Kier alpha value is -2.28. The van der Waals surface area contributed by atoms with Crippen LogP contribution in [0, 0.1) is 11.3 Å². The molecular formula is C20H32ClN5O2. The Morgan fingerprint density at radius 2 is 1.89 bits per heavy atom. The molecule has 0 aromatic heterocycles. The van der Waals surface area contributed by atoms with Crippen LogP contribution in [0.15, 0.2) is 24.3 Å². The number of hydrogen-bond acceptors (Lipinski definition) is 4. The molecule has 1 aliphatic rings. The van der Waals surface area contributed by atoms with Gasteiger partial charge < -0.3 is 21.7 Å². The van der Waals surface area contributed by atoms with Crippen molar-refractivity contribution < 1.29 is 9.59 Å². The summed E-state index contributed by atoms with van der Waals surface area (Å²) in [5.74, 6) is -0.384. The molecule has 0 saturated heterocycles. The normalized spacial score (nSPS) is 15.2. The van der Waals surface area contributed by atoms with Crippen molar-refractivity contribution in [3.05, 3.63) is 29.8 Å². The van der Waals surface area contributed by atoms with E-state index < -0.39 is 6.04 Å². The zero-order valence-electron chi connectivity index (χ0n) is 16.6. The van der Waals surface area contributed by atoms with Gasteiger partial charge in [-0.2, -0.15) is 0 Å². The fraction of sp³-hybridized carbons (Fsp3) is 0.550. The molecule has 0 aliphatic heterocycles. The molecule has 1 aromatic rings. The number of carbonyl (C=O) groups is 2. The number of benzene rings is 1. The van der Waals surface area contributed by atoms with Crippen molar-refractivity contribution in [2.45, 2.75) is 58.0 Å². The first-order valence-corrected chi connectivity index (χ1v) is 9.65.